The first-order chi connectivity index (χ1) is 6.77. The van der Waals surface area contributed by atoms with E-state index in [-0.39, 0.29) is 29.8 Å². The maximum Gasteiger partial charge on any atom is 0.313 e. The molecular formula is C11H12O3. The molecule has 0 amide bonds. The van der Waals surface area contributed by atoms with Gasteiger partial charge in [-0.3, -0.25) is 4.79 Å². The van der Waals surface area contributed by atoms with E-state index in [0.717, 1.165) is 6.42 Å². The summed E-state index contributed by atoms with van der Waals surface area (Å²) in [7, 11) is 0. The highest BCUT2D eigenvalue weighted by Gasteiger charge is 2.50. The molecule has 1 N–H and O–H groups in total. The Hall–Kier alpha value is -1.09. The van der Waals surface area contributed by atoms with Gasteiger partial charge in [0, 0.05) is 5.92 Å². The normalized spacial score (nSPS) is 48.9. The lowest BCUT2D eigenvalue weighted by molar-refractivity contribution is -0.142. The van der Waals surface area contributed by atoms with E-state index < -0.39 is 6.10 Å². The molecule has 3 nitrogen and oxygen atoms in total. The minimum Gasteiger partial charge on any atom is -0.457 e. The maximum absolute atomic E-state index is 11.5. The second-order valence-electron chi connectivity index (χ2n) is 4.21. The molecule has 14 heavy (non-hydrogen) atoms. The van der Waals surface area contributed by atoms with E-state index in [0.29, 0.717) is 0 Å². The lowest BCUT2D eigenvalue weighted by atomic mass is 9.69. The molecule has 1 heterocycles. The molecular weight excluding hydrogens is 180 g/mol. The molecule has 0 saturated carbocycles. The number of ether oxygens (including phenoxy) is 1. The number of hydrogen-bond donors (Lipinski definition) is 1. The van der Waals surface area contributed by atoms with E-state index in [2.05, 4.69) is 0 Å². The van der Waals surface area contributed by atoms with Crippen molar-refractivity contribution < 1.29 is 14.6 Å². The van der Waals surface area contributed by atoms with E-state index in [9.17, 15) is 9.90 Å². The molecule has 0 radical (unpaired) electrons. The Morgan fingerprint density at radius 2 is 2.21 bits per heavy atom. The quantitative estimate of drug-likeness (QED) is 0.453. The van der Waals surface area contributed by atoms with Gasteiger partial charge in [-0.25, -0.2) is 0 Å². The van der Waals surface area contributed by atoms with Gasteiger partial charge in [-0.05, 0) is 18.4 Å². The number of rotatable bonds is 0. The van der Waals surface area contributed by atoms with Crippen molar-refractivity contribution in [2.45, 2.75) is 18.6 Å². The monoisotopic (exact) mass is 192 g/mol. The van der Waals surface area contributed by atoms with Gasteiger partial charge in [0.15, 0.2) is 0 Å². The number of aliphatic hydroxyl groups excluding tert-OH is 1. The number of aliphatic hydroxyl groups is 1. The molecule has 0 aromatic rings. The molecule has 2 aliphatic carbocycles. The second-order valence-corrected chi connectivity index (χ2v) is 4.21. The summed E-state index contributed by atoms with van der Waals surface area (Å²) in [5.74, 6) is 0.0528. The van der Waals surface area contributed by atoms with Crippen LogP contribution in [0.25, 0.3) is 0 Å². The minimum atomic E-state index is -0.418. The van der Waals surface area contributed by atoms with Crippen molar-refractivity contribution in [1.29, 1.82) is 0 Å². The van der Waals surface area contributed by atoms with Crippen LogP contribution in [0.5, 0.6) is 0 Å². The smallest absolute Gasteiger partial charge is 0.313 e. The van der Waals surface area contributed by atoms with E-state index in [1.165, 1.54) is 0 Å². The van der Waals surface area contributed by atoms with Gasteiger partial charge in [0.25, 0.3) is 0 Å². The summed E-state index contributed by atoms with van der Waals surface area (Å²) >= 11 is 0. The van der Waals surface area contributed by atoms with E-state index in [4.69, 9.17) is 4.74 Å². The summed E-state index contributed by atoms with van der Waals surface area (Å²) in [6.45, 7) is 0. The van der Waals surface area contributed by atoms with E-state index >= 15 is 0 Å². The molecule has 0 aromatic heterocycles. The van der Waals surface area contributed by atoms with Gasteiger partial charge in [0.05, 0.1) is 12.0 Å². The van der Waals surface area contributed by atoms with Crippen molar-refractivity contribution in [2.75, 3.05) is 0 Å². The van der Waals surface area contributed by atoms with Crippen LogP contribution < -0.4 is 0 Å². The van der Waals surface area contributed by atoms with Gasteiger partial charge in [0.2, 0.25) is 0 Å². The number of allylic oxidation sites excluding steroid dienone is 1. The molecule has 1 fully saturated rings. The minimum absolute atomic E-state index is 0.106. The van der Waals surface area contributed by atoms with Crippen LogP contribution in [0, 0.1) is 17.8 Å². The largest absolute Gasteiger partial charge is 0.457 e. The first kappa shape index (κ1) is 8.24. The summed E-state index contributed by atoms with van der Waals surface area (Å²) in [4.78, 5) is 11.5. The maximum atomic E-state index is 11.5. The van der Waals surface area contributed by atoms with Crippen LogP contribution in [0.2, 0.25) is 0 Å². The van der Waals surface area contributed by atoms with Crippen LogP contribution >= 0.6 is 0 Å². The van der Waals surface area contributed by atoms with Crippen LogP contribution in [-0.2, 0) is 9.53 Å². The van der Waals surface area contributed by atoms with Gasteiger partial charge in [-0.2, -0.15) is 0 Å². The fourth-order valence-corrected chi connectivity index (χ4v) is 2.81. The zero-order chi connectivity index (χ0) is 9.71. The van der Waals surface area contributed by atoms with Crippen molar-refractivity contribution in [1.82, 2.24) is 0 Å². The Morgan fingerprint density at radius 1 is 1.36 bits per heavy atom. The van der Waals surface area contributed by atoms with Gasteiger partial charge >= 0.3 is 5.97 Å². The molecule has 1 aliphatic heterocycles. The summed E-state index contributed by atoms with van der Waals surface area (Å²) in [5, 5.41) is 9.77. The van der Waals surface area contributed by atoms with Gasteiger partial charge in [-0.1, -0.05) is 18.2 Å². The zero-order valence-corrected chi connectivity index (χ0v) is 7.67. The Morgan fingerprint density at radius 3 is 3.07 bits per heavy atom. The molecule has 3 aliphatic rings. The highest BCUT2D eigenvalue weighted by Crippen LogP contribution is 2.44. The van der Waals surface area contributed by atoms with Crippen LogP contribution in [0.1, 0.15) is 6.42 Å². The van der Waals surface area contributed by atoms with E-state index in [1.54, 1.807) is 6.08 Å². The highest BCUT2D eigenvalue weighted by molar-refractivity contribution is 5.78. The lowest BCUT2D eigenvalue weighted by Crippen LogP contribution is -2.39. The van der Waals surface area contributed by atoms with Crippen LogP contribution in [0.15, 0.2) is 24.3 Å². The third-order valence-corrected chi connectivity index (χ3v) is 3.50. The third-order valence-electron chi connectivity index (χ3n) is 3.50. The van der Waals surface area contributed by atoms with Crippen molar-refractivity contribution in [3.05, 3.63) is 24.3 Å². The third kappa shape index (κ3) is 0.932. The predicted molar refractivity (Wildman–Crippen MR) is 49.3 cm³/mol. The molecule has 0 aromatic carbocycles. The van der Waals surface area contributed by atoms with Crippen molar-refractivity contribution in [2.24, 2.45) is 17.8 Å². The zero-order valence-electron chi connectivity index (χ0n) is 7.67. The number of carbonyl (C=O) groups is 1. The molecule has 3 heteroatoms. The van der Waals surface area contributed by atoms with Crippen LogP contribution in [-0.4, -0.2) is 23.3 Å². The van der Waals surface area contributed by atoms with E-state index in [1.807, 2.05) is 18.2 Å². The van der Waals surface area contributed by atoms with Gasteiger partial charge in [0.1, 0.15) is 6.10 Å². The van der Waals surface area contributed by atoms with Gasteiger partial charge < -0.3 is 9.84 Å². The number of esters is 1. The number of hydrogen-bond acceptors (Lipinski definition) is 3. The summed E-state index contributed by atoms with van der Waals surface area (Å²) < 4.78 is 5.24. The summed E-state index contributed by atoms with van der Waals surface area (Å²) in [6.07, 6.45) is 7.81. The van der Waals surface area contributed by atoms with Crippen LogP contribution in [0.3, 0.4) is 0 Å². The first-order valence-electron chi connectivity index (χ1n) is 5.01. The molecule has 0 bridgehead atoms. The molecule has 74 valence electrons. The Bertz CT molecular complexity index is 331. The first-order valence-corrected chi connectivity index (χ1v) is 5.01. The predicted octanol–water partition coefficient (Wildman–Crippen LogP) is 0.651. The Labute approximate surface area is 82.1 Å². The van der Waals surface area contributed by atoms with Crippen LogP contribution in [0.4, 0.5) is 0 Å². The van der Waals surface area contributed by atoms with Crippen molar-refractivity contribution in [3.8, 4) is 0 Å². The lowest BCUT2D eigenvalue weighted by Gasteiger charge is -2.35. The van der Waals surface area contributed by atoms with Crippen molar-refractivity contribution in [3.63, 3.8) is 0 Å². The second kappa shape index (κ2) is 2.70. The Kier molecular flexibility index (Phi) is 1.59. The molecule has 0 spiro atoms. The molecule has 3 rings (SSSR count). The average Bonchev–Trinajstić information content (AvgIpc) is 2.52. The number of carbonyl (C=O) groups excluding carboxylic acids is 1. The average molecular weight is 192 g/mol. The topological polar surface area (TPSA) is 46.5 Å². The van der Waals surface area contributed by atoms with Crippen molar-refractivity contribution >= 4 is 5.97 Å². The summed E-state index contributed by atoms with van der Waals surface area (Å²) in [6, 6.07) is 0. The molecule has 5 unspecified atom stereocenters. The SMILES string of the molecule is O=C1OC2C=CC(O)C3CC=CC1C23. The molecule has 1 saturated heterocycles. The molecule has 5 atom stereocenters. The highest BCUT2D eigenvalue weighted by atomic mass is 16.6. The van der Waals surface area contributed by atoms with Gasteiger partial charge in [-0.15, -0.1) is 0 Å². The fraction of sp³-hybridized carbons (Fsp3) is 0.545. The fourth-order valence-electron chi connectivity index (χ4n) is 2.81. The summed E-state index contributed by atoms with van der Waals surface area (Å²) in [5.41, 5.74) is 0. The standard InChI is InChI=1S/C11H12O3/c12-8-4-5-9-10-6(8)2-1-3-7(10)11(13)14-9/h1,3-10,12H,2H2. The Balaban J connectivity index is 2.04.